The van der Waals surface area contributed by atoms with Gasteiger partial charge in [-0.15, -0.1) is 0 Å². The summed E-state index contributed by atoms with van der Waals surface area (Å²) in [6.07, 6.45) is 9.96. The normalized spacial score (nSPS) is 27.1. The van der Waals surface area contributed by atoms with Crippen molar-refractivity contribution in [3.05, 3.63) is 48.7 Å². The highest BCUT2D eigenvalue weighted by atomic mass is 16.6. The molecule has 0 aliphatic carbocycles. The molecular formula is C38H44N10O6. The van der Waals surface area contributed by atoms with E-state index in [9.17, 15) is 9.59 Å². The molecule has 0 bridgehead atoms. The maximum absolute atomic E-state index is 13.7. The third-order valence-corrected chi connectivity index (χ3v) is 12.0. The van der Waals surface area contributed by atoms with Gasteiger partial charge in [0.1, 0.15) is 22.9 Å². The van der Waals surface area contributed by atoms with Crippen molar-refractivity contribution in [2.45, 2.75) is 50.7 Å². The number of hydrogen-bond donors (Lipinski definition) is 2. The van der Waals surface area contributed by atoms with E-state index in [0.29, 0.717) is 58.3 Å². The minimum Gasteiger partial charge on any atom is -0.376 e. The van der Waals surface area contributed by atoms with Crippen molar-refractivity contribution in [3.8, 4) is 11.3 Å². The molecule has 10 rings (SSSR count). The largest absolute Gasteiger partial charge is 0.376 e. The Labute approximate surface area is 310 Å². The molecule has 4 aliphatic heterocycles. The average molecular weight is 737 g/mol. The molecule has 0 radical (unpaired) electrons. The fourth-order valence-corrected chi connectivity index (χ4v) is 8.93. The molecule has 4 fully saturated rings. The summed E-state index contributed by atoms with van der Waals surface area (Å²) in [6.45, 7) is 9.27. The second-order valence-corrected chi connectivity index (χ2v) is 15.2. The molecule has 0 saturated carbocycles. The Morgan fingerprint density at radius 3 is 2.06 bits per heavy atom. The van der Waals surface area contributed by atoms with Gasteiger partial charge in [0.15, 0.2) is 23.5 Å². The first-order valence-corrected chi connectivity index (χ1v) is 19.1. The Morgan fingerprint density at radius 1 is 0.741 bits per heavy atom. The number of aromatic nitrogens is 8. The second kappa shape index (κ2) is 13.4. The number of aromatic amines is 2. The fraction of sp³-hybridized carbons (Fsp3) is 0.526. The van der Waals surface area contributed by atoms with Gasteiger partial charge in [0.2, 0.25) is 0 Å². The van der Waals surface area contributed by atoms with Gasteiger partial charge in [0.05, 0.1) is 74.8 Å². The van der Waals surface area contributed by atoms with Crippen molar-refractivity contribution in [2.24, 2.45) is 11.8 Å². The molecular weight excluding hydrogens is 692 g/mol. The van der Waals surface area contributed by atoms with Gasteiger partial charge >= 0.3 is 0 Å². The number of likely N-dealkylation sites (tertiary alicyclic amines) is 2. The summed E-state index contributed by atoms with van der Waals surface area (Å²) in [5, 5.41) is 0. The first kappa shape index (κ1) is 33.7. The van der Waals surface area contributed by atoms with E-state index in [1.54, 1.807) is 0 Å². The molecule has 2 N–H and O–H groups in total. The zero-order chi connectivity index (χ0) is 36.5. The molecule has 16 heteroatoms. The molecule has 2 amide bonds. The summed E-state index contributed by atoms with van der Waals surface area (Å²) in [6, 6.07) is 2.03. The van der Waals surface area contributed by atoms with E-state index >= 15 is 0 Å². The van der Waals surface area contributed by atoms with Crippen LogP contribution in [-0.2, 0) is 28.5 Å². The topological polar surface area (TPSA) is 170 Å². The van der Waals surface area contributed by atoms with Gasteiger partial charge in [-0.2, -0.15) is 0 Å². The standard InChI is InChI=1S/C38H44N10O6/c1-21-4-7-45(37(49)29-19-51-9-11-53-29)17-25(21)35-43-14-23-13-40-34-32(47(23)35)24(15-41-34)31-28-16-42-33-27(3-6-39-33)48(28)36(44-31)26-18-46(8-5-22(26)2)38(50)30-20-52-10-12-54-30/h3,6,13-16,21-22,25-26,29-30,39,41H,4-5,7-12,17-20H2,1-2H3/t21-,22-,25+,26+,29+,30-/m1/s1. The summed E-state index contributed by atoms with van der Waals surface area (Å²) in [5.74, 6) is 2.16. The van der Waals surface area contributed by atoms with Gasteiger partial charge in [-0.3, -0.25) is 18.4 Å². The van der Waals surface area contributed by atoms with Crippen LogP contribution in [0.3, 0.4) is 0 Å². The minimum absolute atomic E-state index is 0.0244. The zero-order valence-electron chi connectivity index (χ0n) is 30.4. The van der Waals surface area contributed by atoms with Gasteiger partial charge in [0.25, 0.3) is 11.8 Å². The number of nitrogens with one attached hydrogen (secondary N) is 2. The predicted molar refractivity (Wildman–Crippen MR) is 196 cm³/mol. The number of ether oxygens (including phenoxy) is 4. The number of hydrogen-bond acceptors (Lipinski definition) is 10. The lowest BCUT2D eigenvalue weighted by Crippen LogP contribution is -2.50. The van der Waals surface area contributed by atoms with Crippen molar-refractivity contribution in [1.82, 2.24) is 48.5 Å². The monoisotopic (exact) mass is 736 g/mol. The molecule has 16 nitrogen and oxygen atoms in total. The summed E-state index contributed by atoms with van der Waals surface area (Å²) in [7, 11) is 0. The first-order chi connectivity index (χ1) is 26.4. The van der Waals surface area contributed by atoms with Crippen LogP contribution in [-0.4, -0.2) is 138 Å². The maximum atomic E-state index is 13.7. The van der Waals surface area contributed by atoms with Crippen molar-refractivity contribution >= 4 is 45.2 Å². The van der Waals surface area contributed by atoms with Crippen molar-refractivity contribution < 1.29 is 28.5 Å². The van der Waals surface area contributed by atoms with Crippen LogP contribution in [0.1, 0.15) is 50.2 Å². The van der Waals surface area contributed by atoms with Crippen LogP contribution >= 0.6 is 0 Å². The number of carbonyl (C=O) groups is 2. The highest BCUT2D eigenvalue weighted by Crippen LogP contribution is 2.40. The number of nitrogens with zero attached hydrogens (tertiary/aromatic N) is 8. The SMILES string of the molecule is C[C@@H]1CCN(C(=O)[C@H]2COCCO2)C[C@@H]1c1nc(-c2c[nH]c3ncc4cnc([C@H]5CN(C(=O)[C@@H]6COCCO6)CC[C@H]5C)n4c23)c2cnc3[nH]ccc3n12. The Hall–Kier alpha value is -4.90. The van der Waals surface area contributed by atoms with Crippen LogP contribution in [0.4, 0.5) is 0 Å². The van der Waals surface area contributed by atoms with E-state index < -0.39 is 12.2 Å². The van der Waals surface area contributed by atoms with Gasteiger partial charge in [0, 0.05) is 56.0 Å². The Balaban J connectivity index is 1.08. The quantitative estimate of drug-likeness (QED) is 0.268. The van der Waals surface area contributed by atoms with Crippen LogP contribution < -0.4 is 0 Å². The van der Waals surface area contributed by atoms with E-state index in [1.165, 1.54) is 0 Å². The summed E-state index contributed by atoms with van der Waals surface area (Å²) < 4.78 is 27.1. The summed E-state index contributed by atoms with van der Waals surface area (Å²) in [4.78, 5) is 57.9. The summed E-state index contributed by atoms with van der Waals surface area (Å²) >= 11 is 0. The predicted octanol–water partition coefficient (Wildman–Crippen LogP) is 3.14. The smallest absolute Gasteiger partial charge is 0.254 e. The van der Waals surface area contributed by atoms with Gasteiger partial charge in [-0.05, 0) is 30.7 Å². The van der Waals surface area contributed by atoms with Crippen LogP contribution in [0.25, 0.3) is 44.6 Å². The van der Waals surface area contributed by atoms with E-state index in [1.807, 2.05) is 46.9 Å². The number of carbonyl (C=O) groups excluding carboxylic acids is 2. The van der Waals surface area contributed by atoms with Gasteiger partial charge in [-0.1, -0.05) is 13.8 Å². The fourth-order valence-electron chi connectivity index (χ4n) is 8.93. The van der Waals surface area contributed by atoms with Crippen LogP contribution in [0, 0.1) is 11.8 Å². The highest BCUT2D eigenvalue weighted by Gasteiger charge is 2.39. The molecule has 6 aromatic heterocycles. The molecule has 4 saturated heterocycles. The minimum atomic E-state index is -0.585. The first-order valence-electron chi connectivity index (χ1n) is 19.1. The Kier molecular flexibility index (Phi) is 8.38. The number of H-pyrrole nitrogens is 2. The van der Waals surface area contributed by atoms with Crippen LogP contribution in [0.5, 0.6) is 0 Å². The van der Waals surface area contributed by atoms with Crippen molar-refractivity contribution in [1.29, 1.82) is 0 Å². The molecule has 282 valence electrons. The number of fused-ring (bicyclic) bond motifs is 6. The van der Waals surface area contributed by atoms with Gasteiger partial charge in [-0.25, -0.2) is 19.9 Å². The lowest BCUT2D eigenvalue weighted by Gasteiger charge is -2.38. The molecule has 4 aliphatic rings. The van der Waals surface area contributed by atoms with E-state index in [0.717, 1.165) is 63.5 Å². The molecule has 0 unspecified atom stereocenters. The second-order valence-electron chi connectivity index (χ2n) is 15.2. The lowest BCUT2D eigenvalue weighted by molar-refractivity contribution is -0.160. The highest BCUT2D eigenvalue weighted by molar-refractivity contribution is 5.97. The van der Waals surface area contributed by atoms with Gasteiger partial charge < -0.3 is 38.7 Å². The number of piperidine rings is 2. The molecule has 0 aromatic carbocycles. The van der Waals surface area contributed by atoms with Crippen LogP contribution in [0.15, 0.2) is 37.1 Å². The van der Waals surface area contributed by atoms with E-state index in [-0.39, 0.29) is 48.7 Å². The molecule has 6 aromatic rings. The molecule has 0 spiro atoms. The average Bonchev–Trinajstić information content (AvgIpc) is 4.03. The zero-order valence-corrected chi connectivity index (χ0v) is 30.4. The molecule has 6 atom stereocenters. The third-order valence-electron chi connectivity index (χ3n) is 12.0. The molecule has 54 heavy (non-hydrogen) atoms. The maximum Gasteiger partial charge on any atom is 0.254 e. The number of amides is 2. The Morgan fingerprint density at radius 2 is 1.39 bits per heavy atom. The van der Waals surface area contributed by atoms with E-state index in [4.69, 9.17) is 38.9 Å². The van der Waals surface area contributed by atoms with Crippen molar-refractivity contribution in [2.75, 3.05) is 65.8 Å². The van der Waals surface area contributed by atoms with E-state index in [2.05, 4.69) is 32.6 Å². The molecule has 10 heterocycles. The number of imidazole rings is 2. The van der Waals surface area contributed by atoms with Crippen LogP contribution in [0.2, 0.25) is 0 Å². The Bertz CT molecular complexity index is 2370. The third kappa shape index (κ3) is 5.48. The summed E-state index contributed by atoms with van der Waals surface area (Å²) in [5.41, 5.74) is 6.60. The lowest BCUT2D eigenvalue weighted by atomic mass is 9.86. The number of rotatable bonds is 5. The van der Waals surface area contributed by atoms with Crippen molar-refractivity contribution in [3.63, 3.8) is 0 Å².